The lowest BCUT2D eigenvalue weighted by Crippen LogP contribution is -2.39. The van der Waals surface area contributed by atoms with Crippen LogP contribution in [0.4, 0.5) is 0 Å². The van der Waals surface area contributed by atoms with Gasteiger partial charge in [0, 0.05) is 45.3 Å². The quantitative estimate of drug-likeness (QED) is 0.366. The molecule has 1 aromatic rings. The molecule has 6 heteroatoms. The van der Waals surface area contributed by atoms with Crippen LogP contribution in [0.15, 0.2) is 23.3 Å². The molecule has 0 bridgehead atoms. The number of nitrogens with one attached hydrogen (secondary N) is 1. The number of aryl methyl sites for hydroxylation is 1. The van der Waals surface area contributed by atoms with Crippen molar-refractivity contribution >= 4 is 41.7 Å². The number of guanidine groups is 1. The number of hydrogen-bond acceptors (Lipinski definition) is 2. The molecule has 0 saturated carbocycles. The zero-order valence-corrected chi connectivity index (χ0v) is 14.7. The molecular weight excluding hydrogens is 359 g/mol. The van der Waals surface area contributed by atoms with E-state index in [4.69, 9.17) is 0 Å². The van der Waals surface area contributed by atoms with Crippen molar-refractivity contribution in [3.8, 4) is 0 Å². The van der Waals surface area contributed by atoms with Crippen LogP contribution in [0.3, 0.4) is 0 Å². The van der Waals surface area contributed by atoms with Gasteiger partial charge in [0.2, 0.25) is 0 Å². The molecule has 0 saturated heterocycles. The first-order chi connectivity index (χ1) is 8.19. The second-order valence-electron chi connectivity index (χ2n) is 3.93. The van der Waals surface area contributed by atoms with Crippen LogP contribution in [-0.2, 0) is 13.6 Å². The number of hydrogen-bond donors (Lipinski definition) is 1. The second-order valence-corrected chi connectivity index (χ2v) is 4.92. The average Bonchev–Trinajstić information content (AvgIpc) is 2.70. The van der Waals surface area contributed by atoms with Gasteiger partial charge in [0.25, 0.3) is 0 Å². The highest BCUT2D eigenvalue weighted by Crippen LogP contribution is 2.03. The van der Waals surface area contributed by atoms with Crippen molar-refractivity contribution in [2.75, 3.05) is 32.6 Å². The predicted octanol–water partition coefficient (Wildman–Crippen LogP) is 2.01. The standard InChI is InChI=1S/C12H22N4S.HI/c1-13-12(14-7-9-17-4)16(3)10-11-6-5-8-15(11)2;/h5-6,8H,7,9-10H2,1-4H3,(H,13,14);1H. The van der Waals surface area contributed by atoms with Crippen molar-refractivity contribution in [1.29, 1.82) is 0 Å². The second kappa shape index (κ2) is 9.55. The molecule has 0 spiro atoms. The third-order valence-electron chi connectivity index (χ3n) is 2.61. The highest BCUT2D eigenvalue weighted by molar-refractivity contribution is 14.0. The lowest BCUT2D eigenvalue weighted by atomic mass is 10.4. The van der Waals surface area contributed by atoms with Gasteiger partial charge < -0.3 is 14.8 Å². The van der Waals surface area contributed by atoms with E-state index in [-0.39, 0.29) is 24.0 Å². The minimum atomic E-state index is 0. The van der Waals surface area contributed by atoms with E-state index in [1.807, 2.05) is 18.8 Å². The van der Waals surface area contributed by atoms with E-state index in [2.05, 4.69) is 58.5 Å². The van der Waals surface area contributed by atoms with Gasteiger partial charge in [0.05, 0.1) is 6.54 Å². The van der Waals surface area contributed by atoms with Gasteiger partial charge in [-0.25, -0.2) is 0 Å². The number of aliphatic imine (C=N–C) groups is 1. The maximum Gasteiger partial charge on any atom is 0.193 e. The molecule has 1 rings (SSSR count). The van der Waals surface area contributed by atoms with E-state index in [1.165, 1.54) is 5.69 Å². The minimum Gasteiger partial charge on any atom is -0.355 e. The Kier molecular flexibility index (Phi) is 9.35. The van der Waals surface area contributed by atoms with Gasteiger partial charge in [-0.05, 0) is 18.4 Å². The fourth-order valence-electron chi connectivity index (χ4n) is 1.63. The van der Waals surface area contributed by atoms with E-state index >= 15 is 0 Å². The Bertz CT molecular complexity index is 365. The molecule has 0 radical (unpaired) electrons. The van der Waals surface area contributed by atoms with Gasteiger partial charge in [-0.1, -0.05) is 0 Å². The molecule has 1 N–H and O–H groups in total. The molecule has 0 amide bonds. The lowest BCUT2D eigenvalue weighted by molar-refractivity contribution is 0.464. The first-order valence-electron chi connectivity index (χ1n) is 5.70. The van der Waals surface area contributed by atoms with E-state index in [1.54, 1.807) is 0 Å². The van der Waals surface area contributed by atoms with E-state index in [9.17, 15) is 0 Å². The Balaban J connectivity index is 0.00000289. The smallest absolute Gasteiger partial charge is 0.193 e. The molecule has 4 nitrogen and oxygen atoms in total. The van der Waals surface area contributed by atoms with Gasteiger partial charge in [-0.15, -0.1) is 24.0 Å². The largest absolute Gasteiger partial charge is 0.355 e. The fraction of sp³-hybridized carbons (Fsp3) is 0.583. The summed E-state index contributed by atoms with van der Waals surface area (Å²) < 4.78 is 2.13. The number of halogens is 1. The molecular formula is C12H23IN4S. The maximum absolute atomic E-state index is 4.28. The number of thioether (sulfide) groups is 1. The van der Waals surface area contributed by atoms with Gasteiger partial charge in [0.1, 0.15) is 0 Å². The summed E-state index contributed by atoms with van der Waals surface area (Å²) in [6, 6.07) is 4.19. The molecule has 0 aliphatic rings. The average molecular weight is 382 g/mol. The van der Waals surface area contributed by atoms with Crippen molar-refractivity contribution in [2.45, 2.75) is 6.54 Å². The van der Waals surface area contributed by atoms with Crippen LogP contribution in [0, 0.1) is 0 Å². The SMILES string of the molecule is CN=C(NCCSC)N(C)Cc1cccn1C.I. The summed E-state index contributed by atoms with van der Waals surface area (Å²) in [6.07, 6.45) is 4.17. The number of aromatic nitrogens is 1. The highest BCUT2D eigenvalue weighted by atomic mass is 127. The summed E-state index contributed by atoms with van der Waals surface area (Å²) in [5, 5.41) is 3.35. The van der Waals surface area contributed by atoms with E-state index in [0.29, 0.717) is 0 Å². The normalized spacial score (nSPS) is 11.0. The van der Waals surface area contributed by atoms with E-state index in [0.717, 1.165) is 24.8 Å². The first-order valence-corrected chi connectivity index (χ1v) is 7.09. The van der Waals surface area contributed by atoms with Crippen molar-refractivity contribution < 1.29 is 0 Å². The Hall–Kier alpha value is -0.370. The third-order valence-corrected chi connectivity index (χ3v) is 3.23. The first kappa shape index (κ1) is 17.6. The number of nitrogens with zero attached hydrogens (tertiary/aromatic N) is 3. The molecule has 0 unspecified atom stereocenters. The zero-order valence-electron chi connectivity index (χ0n) is 11.5. The van der Waals surface area contributed by atoms with Crippen LogP contribution in [-0.4, -0.2) is 48.1 Å². The van der Waals surface area contributed by atoms with Crippen LogP contribution in [0.2, 0.25) is 0 Å². The molecule has 0 atom stereocenters. The molecule has 104 valence electrons. The van der Waals surface area contributed by atoms with Crippen LogP contribution >= 0.6 is 35.7 Å². The minimum absolute atomic E-state index is 0. The number of rotatable bonds is 5. The van der Waals surface area contributed by atoms with Crippen LogP contribution in [0.1, 0.15) is 5.69 Å². The van der Waals surface area contributed by atoms with Crippen LogP contribution in [0.25, 0.3) is 0 Å². The third kappa shape index (κ3) is 5.51. The van der Waals surface area contributed by atoms with Crippen molar-refractivity contribution in [3.05, 3.63) is 24.0 Å². The lowest BCUT2D eigenvalue weighted by Gasteiger charge is -2.22. The van der Waals surface area contributed by atoms with Gasteiger partial charge in [-0.2, -0.15) is 11.8 Å². The molecule has 1 aromatic heterocycles. The van der Waals surface area contributed by atoms with Crippen LogP contribution < -0.4 is 5.32 Å². The summed E-state index contributed by atoms with van der Waals surface area (Å²) in [5.74, 6) is 2.04. The van der Waals surface area contributed by atoms with Crippen LogP contribution in [0.5, 0.6) is 0 Å². The predicted molar refractivity (Wildman–Crippen MR) is 92.0 cm³/mol. The van der Waals surface area contributed by atoms with E-state index < -0.39 is 0 Å². The molecule has 18 heavy (non-hydrogen) atoms. The van der Waals surface area contributed by atoms with Crippen molar-refractivity contribution in [3.63, 3.8) is 0 Å². The molecule has 0 aliphatic carbocycles. The zero-order chi connectivity index (χ0) is 12.7. The summed E-state index contributed by atoms with van der Waals surface area (Å²) in [4.78, 5) is 6.42. The maximum atomic E-state index is 4.28. The molecule has 0 aromatic carbocycles. The summed E-state index contributed by atoms with van der Waals surface area (Å²) in [6.45, 7) is 1.81. The van der Waals surface area contributed by atoms with Crippen molar-refractivity contribution in [1.82, 2.24) is 14.8 Å². The summed E-state index contributed by atoms with van der Waals surface area (Å²) in [7, 11) is 5.94. The Labute approximate surface area is 131 Å². The van der Waals surface area contributed by atoms with Crippen molar-refractivity contribution in [2.24, 2.45) is 12.0 Å². The topological polar surface area (TPSA) is 32.6 Å². The molecule has 0 fully saturated rings. The van der Waals surface area contributed by atoms with Gasteiger partial charge in [0.15, 0.2) is 5.96 Å². The highest BCUT2D eigenvalue weighted by Gasteiger charge is 2.07. The molecule has 0 aliphatic heterocycles. The summed E-state index contributed by atoms with van der Waals surface area (Å²) >= 11 is 1.83. The monoisotopic (exact) mass is 382 g/mol. The van der Waals surface area contributed by atoms with Gasteiger partial charge in [-0.3, -0.25) is 4.99 Å². The Morgan fingerprint density at radius 1 is 1.56 bits per heavy atom. The fourth-order valence-corrected chi connectivity index (χ4v) is 1.93. The summed E-state index contributed by atoms with van der Waals surface area (Å²) in [5.41, 5.74) is 1.28. The Morgan fingerprint density at radius 2 is 2.28 bits per heavy atom. The molecule has 1 heterocycles. The Morgan fingerprint density at radius 3 is 2.78 bits per heavy atom. The van der Waals surface area contributed by atoms with Gasteiger partial charge >= 0.3 is 0 Å².